The molecule has 21 heavy (non-hydrogen) atoms. The minimum atomic E-state index is -0.469. The van der Waals surface area contributed by atoms with Crippen LogP contribution in [0.5, 0.6) is 0 Å². The summed E-state index contributed by atoms with van der Waals surface area (Å²) in [6.07, 6.45) is 4.54. The van der Waals surface area contributed by atoms with Crippen LogP contribution in [0.2, 0.25) is 0 Å². The van der Waals surface area contributed by atoms with Gasteiger partial charge >= 0.3 is 5.97 Å². The predicted molar refractivity (Wildman–Crippen MR) is 82.3 cm³/mol. The molecule has 0 bridgehead atoms. The van der Waals surface area contributed by atoms with Gasteiger partial charge in [-0.1, -0.05) is 35.6 Å². The number of nitrogens with zero attached hydrogens (tertiary/aromatic N) is 1. The highest BCUT2D eigenvalue weighted by molar-refractivity contribution is 7.17. The number of amides is 1. The summed E-state index contributed by atoms with van der Waals surface area (Å²) < 4.78 is 4.58. The number of aryl methyl sites for hydroxylation is 1. The summed E-state index contributed by atoms with van der Waals surface area (Å²) in [6.45, 7) is 1.97. The van der Waals surface area contributed by atoms with Crippen molar-refractivity contribution < 1.29 is 14.3 Å². The minimum absolute atomic E-state index is 0.302. The fourth-order valence-corrected chi connectivity index (χ4v) is 2.35. The zero-order valence-electron chi connectivity index (χ0n) is 11.6. The second-order valence-electron chi connectivity index (χ2n) is 4.20. The van der Waals surface area contributed by atoms with Crippen molar-refractivity contribution in [3.05, 3.63) is 52.5 Å². The summed E-state index contributed by atoms with van der Waals surface area (Å²) in [7, 11) is 1.30. The first kappa shape index (κ1) is 14.9. The van der Waals surface area contributed by atoms with E-state index in [0.717, 1.165) is 22.5 Å². The van der Waals surface area contributed by atoms with Crippen molar-refractivity contribution in [3.63, 3.8) is 0 Å². The highest BCUT2D eigenvalue weighted by Crippen LogP contribution is 2.18. The normalized spacial score (nSPS) is 10.6. The Morgan fingerprint density at radius 2 is 2.10 bits per heavy atom. The van der Waals surface area contributed by atoms with E-state index in [1.807, 2.05) is 31.2 Å². The van der Waals surface area contributed by atoms with Gasteiger partial charge in [-0.3, -0.25) is 10.1 Å². The third-order valence-electron chi connectivity index (χ3n) is 2.73. The number of methoxy groups -OCH3 is 1. The Bertz CT molecular complexity index is 692. The SMILES string of the molecule is COC(=O)c1cnc(NC(=O)/C=C/c2ccccc2C)s1. The summed E-state index contributed by atoms with van der Waals surface area (Å²) in [5, 5.41) is 2.96. The van der Waals surface area contributed by atoms with E-state index >= 15 is 0 Å². The van der Waals surface area contributed by atoms with E-state index in [2.05, 4.69) is 15.0 Å². The van der Waals surface area contributed by atoms with Crippen molar-refractivity contribution in [3.8, 4) is 0 Å². The van der Waals surface area contributed by atoms with Crippen LogP contribution in [-0.2, 0) is 9.53 Å². The van der Waals surface area contributed by atoms with Gasteiger partial charge in [-0.15, -0.1) is 0 Å². The molecule has 2 aromatic rings. The van der Waals surface area contributed by atoms with Crippen LogP contribution < -0.4 is 5.32 Å². The summed E-state index contributed by atoms with van der Waals surface area (Å²) in [6, 6.07) is 7.75. The molecule has 0 radical (unpaired) electrons. The number of rotatable bonds is 4. The smallest absolute Gasteiger partial charge is 0.349 e. The van der Waals surface area contributed by atoms with Crippen molar-refractivity contribution in [1.29, 1.82) is 0 Å². The molecule has 1 aromatic carbocycles. The molecule has 0 saturated carbocycles. The Hall–Kier alpha value is -2.47. The maximum atomic E-state index is 11.8. The number of esters is 1. The van der Waals surface area contributed by atoms with Gasteiger partial charge in [0.1, 0.15) is 4.88 Å². The summed E-state index contributed by atoms with van der Waals surface area (Å²) in [5.74, 6) is -0.771. The standard InChI is InChI=1S/C15H14N2O3S/c1-10-5-3-4-6-11(10)7-8-13(18)17-15-16-9-12(21-15)14(19)20-2/h3-9H,1-2H3,(H,16,17,18)/b8-7+. The first-order chi connectivity index (χ1) is 10.1. The molecule has 0 spiro atoms. The maximum absolute atomic E-state index is 11.8. The lowest BCUT2D eigenvalue weighted by Gasteiger charge is -1.99. The average Bonchev–Trinajstić information content (AvgIpc) is 2.94. The molecule has 6 heteroatoms. The zero-order valence-corrected chi connectivity index (χ0v) is 12.4. The lowest BCUT2D eigenvalue weighted by molar-refractivity contribution is -0.111. The molecule has 0 saturated heterocycles. The van der Waals surface area contributed by atoms with E-state index in [0.29, 0.717) is 10.0 Å². The molecular formula is C15H14N2O3S. The molecule has 0 unspecified atom stereocenters. The van der Waals surface area contributed by atoms with Crippen molar-refractivity contribution in [1.82, 2.24) is 4.98 Å². The van der Waals surface area contributed by atoms with Crippen LogP contribution in [0.15, 0.2) is 36.5 Å². The van der Waals surface area contributed by atoms with Crippen LogP contribution in [0.4, 0.5) is 5.13 Å². The topological polar surface area (TPSA) is 68.3 Å². The molecule has 5 nitrogen and oxygen atoms in total. The molecule has 0 aliphatic carbocycles. The van der Waals surface area contributed by atoms with Gasteiger partial charge in [0.15, 0.2) is 5.13 Å². The number of carbonyl (C=O) groups is 2. The van der Waals surface area contributed by atoms with E-state index in [-0.39, 0.29) is 5.91 Å². The number of benzene rings is 1. The molecule has 1 heterocycles. The first-order valence-corrected chi connectivity index (χ1v) is 7.00. The molecule has 0 aliphatic rings. The molecule has 0 aliphatic heterocycles. The number of ether oxygens (including phenoxy) is 1. The second kappa shape index (κ2) is 6.81. The quantitative estimate of drug-likeness (QED) is 0.696. The average molecular weight is 302 g/mol. The first-order valence-electron chi connectivity index (χ1n) is 6.19. The number of hydrogen-bond acceptors (Lipinski definition) is 5. The summed E-state index contributed by atoms with van der Waals surface area (Å²) in [5.41, 5.74) is 2.06. The number of nitrogens with one attached hydrogen (secondary N) is 1. The summed E-state index contributed by atoms with van der Waals surface area (Å²) >= 11 is 1.07. The molecule has 108 valence electrons. The third-order valence-corrected chi connectivity index (χ3v) is 3.62. The molecule has 1 N–H and O–H groups in total. The molecule has 1 aromatic heterocycles. The van der Waals surface area contributed by atoms with Gasteiger partial charge < -0.3 is 4.74 Å². The molecule has 0 fully saturated rings. The van der Waals surface area contributed by atoms with Gasteiger partial charge in [0, 0.05) is 6.08 Å². The fourth-order valence-electron chi connectivity index (χ4n) is 1.61. The van der Waals surface area contributed by atoms with Gasteiger partial charge in [0.25, 0.3) is 0 Å². The van der Waals surface area contributed by atoms with Gasteiger partial charge in [-0.05, 0) is 24.1 Å². The van der Waals surface area contributed by atoms with Gasteiger partial charge in [-0.2, -0.15) is 0 Å². The number of thiazole rings is 1. The number of hydrogen-bond donors (Lipinski definition) is 1. The lowest BCUT2D eigenvalue weighted by Crippen LogP contribution is -2.07. The molecule has 1 amide bonds. The minimum Gasteiger partial charge on any atom is -0.465 e. The number of aromatic nitrogens is 1. The largest absolute Gasteiger partial charge is 0.465 e. The van der Waals surface area contributed by atoms with Crippen LogP contribution in [0, 0.1) is 6.92 Å². The Morgan fingerprint density at radius 1 is 1.33 bits per heavy atom. The lowest BCUT2D eigenvalue weighted by atomic mass is 10.1. The van der Waals surface area contributed by atoms with Crippen LogP contribution >= 0.6 is 11.3 Å². The molecule has 2 rings (SSSR count). The zero-order chi connectivity index (χ0) is 15.2. The van der Waals surface area contributed by atoms with E-state index in [4.69, 9.17) is 0 Å². The van der Waals surface area contributed by atoms with Crippen molar-refractivity contribution >= 4 is 34.4 Å². The maximum Gasteiger partial charge on any atom is 0.349 e. The highest BCUT2D eigenvalue weighted by atomic mass is 32.1. The Kier molecular flexibility index (Phi) is 4.84. The predicted octanol–water partition coefficient (Wildman–Crippen LogP) is 2.89. The third kappa shape index (κ3) is 4.00. The fraction of sp³-hybridized carbons (Fsp3) is 0.133. The van der Waals surface area contributed by atoms with Crippen LogP contribution in [0.3, 0.4) is 0 Å². The Labute approximate surface area is 126 Å². The van der Waals surface area contributed by atoms with E-state index in [1.54, 1.807) is 6.08 Å². The monoisotopic (exact) mass is 302 g/mol. The van der Waals surface area contributed by atoms with E-state index in [1.165, 1.54) is 19.4 Å². The number of anilines is 1. The van der Waals surface area contributed by atoms with E-state index < -0.39 is 5.97 Å². The van der Waals surface area contributed by atoms with Gasteiger partial charge in [0.05, 0.1) is 13.3 Å². The van der Waals surface area contributed by atoms with Crippen molar-refractivity contribution in [2.75, 3.05) is 12.4 Å². The van der Waals surface area contributed by atoms with Gasteiger partial charge in [-0.25, -0.2) is 9.78 Å². The van der Waals surface area contributed by atoms with E-state index in [9.17, 15) is 9.59 Å². The Balaban J connectivity index is 2.00. The van der Waals surface area contributed by atoms with Gasteiger partial charge in [0.2, 0.25) is 5.91 Å². The Morgan fingerprint density at radius 3 is 2.81 bits per heavy atom. The summed E-state index contributed by atoms with van der Waals surface area (Å²) in [4.78, 5) is 27.4. The van der Waals surface area contributed by atoms with Crippen molar-refractivity contribution in [2.45, 2.75) is 6.92 Å². The number of carbonyl (C=O) groups excluding carboxylic acids is 2. The van der Waals surface area contributed by atoms with Crippen LogP contribution in [0.25, 0.3) is 6.08 Å². The molecular weight excluding hydrogens is 288 g/mol. The highest BCUT2D eigenvalue weighted by Gasteiger charge is 2.11. The van der Waals surface area contributed by atoms with Crippen LogP contribution in [-0.4, -0.2) is 24.0 Å². The molecule has 0 atom stereocenters. The van der Waals surface area contributed by atoms with Crippen LogP contribution in [0.1, 0.15) is 20.8 Å². The second-order valence-corrected chi connectivity index (χ2v) is 5.23. The van der Waals surface area contributed by atoms with Crippen molar-refractivity contribution in [2.24, 2.45) is 0 Å².